The number of pyridine rings is 1. The van der Waals surface area contributed by atoms with Crippen molar-refractivity contribution in [3.8, 4) is 0 Å². The molecule has 2 aromatic rings. The molecule has 0 aliphatic carbocycles. The highest BCUT2D eigenvalue weighted by molar-refractivity contribution is 7.09. The lowest BCUT2D eigenvalue weighted by Crippen LogP contribution is -2.40. The Morgan fingerprint density at radius 1 is 1.30 bits per heavy atom. The van der Waals surface area contributed by atoms with Gasteiger partial charge in [0.1, 0.15) is 0 Å². The van der Waals surface area contributed by atoms with Gasteiger partial charge in [-0.1, -0.05) is 12.1 Å². The maximum absolute atomic E-state index is 12.3. The first-order chi connectivity index (χ1) is 11.3. The van der Waals surface area contributed by atoms with E-state index in [-0.39, 0.29) is 11.8 Å². The summed E-state index contributed by atoms with van der Waals surface area (Å²) in [6.07, 6.45) is 6.55. The van der Waals surface area contributed by atoms with Gasteiger partial charge in [0.25, 0.3) is 0 Å². The number of likely N-dealkylation sites (tertiary alicyclic amines) is 1. The van der Waals surface area contributed by atoms with Crippen LogP contribution in [0.25, 0.3) is 0 Å². The minimum atomic E-state index is 0.170. The Labute approximate surface area is 141 Å². The van der Waals surface area contributed by atoms with Gasteiger partial charge in [0, 0.05) is 36.3 Å². The monoisotopic (exact) mass is 329 g/mol. The zero-order chi connectivity index (χ0) is 15.9. The van der Waals surface area contributed by atoms with Gasteiger partial charge >= 0.3 is 0 Å². The molecule has 23 heavy (non-hydrogen) atoms. The SMILES string of the molecule is O=C(NCCc1cccs1)C1CCN(Cc2cccnc2)CC1. The van der Waals surface area contributed by atoms with Crippen molar-refractivity contribution in [3.05, 3.63) is 52.5 Å². The summed E-state index contributed by atoms with van der Waals surface area (Å²) >= 11 is 1.75. The highest BCUT2D eigenvalue weighted by Crippen LogP contribution is 2.19. The number of rotatable bonds is 6. The first-order valence-corrected chi connectivity index (χ1v) is 9.10. The summed E-state index contributed by atoms with van der Waals surface area (Å²) in [6, 6.07) is 8.26. The van der Waals surface area contributed by atoms with Gasteiger partial charge in [0.05, 0.1) is 0 Å². The van der Waals surface area contributed by atoms with Crippen molar-refractivity contribution in [2.45, 2.75) is 25.8 Å². The molecule has 4 nitrogen and oxygen atoms in total. The molecular weight excluding hydrogens is 306 g/mol. The number of hydrogen-bond acceptors (Lipinski definition) is 4. The third-order valence-corrected chi connectivity index (χ3v) is 5.27. The van der Waals surface area contributed by atoms with Gasteiger partial charge in [-0.15, -0.1) is 11.3 Å². The Hall–Kier alpha value is -1.72. The number of hydrogen-bond donors (Lipinski definition) is 1. The van der Waals surface area contributed by atoms with Gasteiger partial charge in [-0.2, -0.15) is 0 Å². The van der Waals surface area contributed by atoms with E-state index in [1.54, 1.807) is 17.5 Å². The molecule has 1 N–H and O–H groups in total. The number of carbonyl (C=O) groups is 1. The van der Waals surface area contributed by atoms with Crippen LogP contribution in [-0.4, -0.2) is 35.4 Å². The fourth-order valence-electron chi connectivity index (χ4n) is 3.01. The Kier molecular flexibility index (Phi) is 5.77. The van der Waals surface area contributed by atoms with Crippen molar-refractivity contribution >= 4 is 17.2 Å². The summed E-state index contributed by atoms with van der Waals surface area (Å²) in [5, 5.41) is 5.17. The summed E-state index contributed by atoms with van der Waals surface area (Å²) in [5.74, 6) is 0.395. The van der Waals surface area contributed by atoms with E-state index in [1.165, 1.54) is 10.4 Å². The standard InChI is InChI=1S/C18H23N3OS/c22-18(20-9-5-17-4-2-12-23-17)16-6-10-21(11-7-16)14-15-3-1-8-19-13-15/h1-4,8,12-13,16H,5-7,9-11,14H2,(H,20,22). The van der Waals surface area contributed by atoms with Crippen molar-refractivity contribution in [2.24, 2.45) is 5.92 Å². The molecule has 0 unspecified atom stereocenters. The lowest BCUT2D eigenvalue weighted by atomic mass is 9.95. The number of thiophene rings is 1. The number of nitrogens with zero attached hydrogens (tertiary/aromatic N) is 2. The molecular formula is C18H23N3OS. The van der Waals surface area contributed by atoms with Crippen molar-refractivity contribution in [2.75, 3.05) is 19.6 Å². The van der Waals surface area contributed by atoms with E-state index in [0.29, 0.717) is 0 Å². The zero-order valence-electron chi connectivity index (χ0n) is 13.3. The predicted molar refractivity (Wildman–Crippen MR) is 93.3 cm³/mol. The van der Waals surface area contributed by atoms with Crippen LogP contribution in [-0.2, 0) is 17.8 Å². The second kappa shape index (κ2) is 8.22. The van der Waals surface area contributed by atoms with Crippen LogP contribution in [0.3, 0.4) is 0 Å². The van der Waals surface area contributed by atoms with Gasteiger partial charge in [0.15, 0.2) is 0 Å². The Bertz CT molecular complexity index is 592. The quantitative estimate of drug-likeness (QED) is 0.886. The molecule has 1 aliphatic rings. The van der Waals surface area contributed by atoms with Crippen molar-refractivity contribution in [1.82, 2.24) is 15.2 Å². The summed E-state index contributed by atoms with van der Waals surface area (Å²) in [6.45, 7) is 3.64. The molecule has 0 radical (unpaired) electrons. The number of amides is 1. The third-order valence-electron chi connectivity index (χ3n) is 4.34. The molecule has 0 spiro atoms. The smallest absolute Gasteiger partial charge is 0.223 e. The highest BCUT2D eigenvalue weighted by atomic mass is 32.1. The van der Waals surface area contributed by atoms with Crippen LogP contribution in [0.2, 0.25) is 0 Å². The Morgan fingerprint density at radius 3 is 2.87 bits per heavy atom. The Balaban J connectivity index is 1.37. The zero-order valence-corrected chi connectivity index (χ0v) is 14.1. The second-order valence-electron chi connectivity index (χ2n) is 6.03. The molecule has 0 saturated carbocycles. The normalized spacial score (nSPS) is 16.3. The minimum Gasteiger partial charge on any atom is -0.355 e. The van der Waals surface area contributed by atoms with Crippen LogP contribution in [0.4, 0.5) is 0 Å². The van der Waals surface area contributed by atoms with Crippen LogP contribution in [0.5, 0.6) is 0 Å². The van der Waals surface area contributed by atoms with Crippen LogP contribution in [0, 0.1) is 5.92 Å². The van der Waals surface area contributed by atoms with Gasteiger partial charge in [0.2, 0.25) is 5.91 Å². The highest BCUT2D eigenvalue weighted by Gasteiger charge is 2.24. The maximum atomic E-state index is 12.3. The molecule has 1 amide bonds. The van der Waals surface area contributed by atoms with Gasteiger partial charge < -0.3 is 5.32 Å². The van der Waals surface area contributed by atoms with Crippen LogP contribution < -0.4 is 5.32 Å². The summed E-state index contributed by atoms with van der Waals surface area (Å²) < 4.78 is 0. The molecule has 5 heteroatoms. The first kappa shape index (κ1) is 16.1. The lowest BCUT2D eigenvalue weighted by molar-refractivity contribution is -0.126. The van der Waals surface area contributed by atoms with Crippen molar-refractivity contribution in [3.63, 3.8) is 0 Å². The fourth-order valence-corrected chi connectivity index (χ4v) is 3.72. The van der Waals surface area contributed by atoms with E-state index in [9.17, 15) is 4.79 Å². The fraction of sp³-hybridized carbons (Fsp3) is 0.444. The molecule has 3 heterocycles. The molecule has 0 bridgehead atoms. The molecule has 3 rings (SSSR count). The van der Waals surface area contributed by atoms with Gasteiger partial charge in [-0.05, 0) is 55.4 Å². The largest absolute Gasteiger partial charge is 0.355 e. The van der Waals surface area contributed by atoms with E-state index in [0.717, 1.165) is 45.4 Å². The Morgan fingerprint density at radius 2 is 2.17 bits per heavy atom. The summed E-state index contributed by atoms with van der Waals surface area (Å²) in [5.41, 5.74) is 1.24. The molecule has 1 saturated heterocycles. The first-order valence-electron chi connectivity index (χ1n) is 8.22. The molecule has 0 aromatic carbocycles. The predicted octanol–water partition coefficient (Wildman–Crippen LogP) is 2.71. The molecule has 122 valence electrons. The lowest BCUT2D eigenvalue weighted by Gasteiger charge is -2.31. The number of nitrogens with one attached hydrogen (secondary N) is 1. The van der Waals surface area contributed by atoms with E-state index in [2.05, 4.69) is 38.8 Å². The molecule has 1 fully saturated rings. The van der Waals surface area contributed by atoms with E-state index in [4.69, 9.17) is 0 Å². The number of piperidine rings is 1. The van der Waals surface area contributed by atoms with Crippen LogP contribution >= 0.6 is 11.3 Å². The van der Waals surface area contributed by atoms with E-state index in [1.807, 2.05) is 12.3 Å². The topological polar surface area (TPSA) is 45.2 Å². The van der Waals surface area contributed by atoms with Gasteiger partial charge in [-0.25, -0.2) is 0 Å². The van der Waals surface area contributed by atoms with Crippen molar-refractivity contribution in [1.29, 1.82) is 0 Å². The minimum absolute atomic E-state index is 0.170. The average Bonchev–Trinajstić information content (AvgIpc) is 3.10. The molecule has 0 atom stereocenters. The summed E-state index contributed by atoms with van der Waals surface area (Å²) in [7, 11) is 0. The molecule has 1 aliphatic heterocycles. The van der Waals surface area contributed by atoms with Crippen LogP contribution in [0.15, 0.2) is 42.0 Å². The maximum Gasteiger partial charge on any atom is 0.223 e. The van der Waals surface area contributed by atoms with Crippen LogP contribution in [0.1, 0.15) is 23.3 Å². The number of aromatic nitrogens is 1. The average molecular weight is 329 g/mol. The second-order valence-corrected chi connectivity index (χ2v) is 7.06. The van der Waals surface area contributed by atoms with Crippen molar-refractivity contribution < 1.29 is 4.79 Å². The number of carbonyl (C=O) groups excluding carboxylic acids is 1. The van der Waals surface area contributed by atoms with Gasteiger partial charge in [-0.3, -0.25) is 14.7 Å². The van der Waals surface area contributed by atoms with E-state index >= 15 is 0 Å². The third kappa shape index (κ3) is 4.88. The summed E-state index contributed by atoms with van der Waals surface area (Å²) in [4.78, 5) is 20.2. The van der Waals surface area contributed by atoms with E-state index < -0.39 is 0 Å². The molecule has 2 aromatic heterocycles.